The van der Waals surface area contributed by atoms with Crippen LogP contribution in [0.5, 0.6) is 0 Å². The van der Waals surface area contributed by atoms with E-state index in [1.165, 1.54) is 23.6 Å². The Morgan fingerprint density at radius 2 is 2.04 bits per heavy atom. The zero-order valence-electron chi connectivity index (χ0n) is 12.5. The lowest BCUT2D eigenvalue weighted by atomic mass is 10.1. The van der Waals surface area contributed by atoms with Gasteiger partial charge in [0.2, 0.25) is 5.13 Å². The molecule has 0 bridgehead atoms. The van der Waals surface area contributed by atoms with Gasteiger partial charge in [-0.05, 0) is 36.1 Å². The van der Waals surface area contributed by atoms with Gasteiger partial charge >= 0.3 is 6.18 Å². The Kier molecular flexibility index (Phi) is 4.68. The van der Waals surface area contributed by atoms with Crippen LogP contribution < -0.4 is 5.43 Å². The molecular weight excluding hydrogens is 355 g/mol. The topological polar surface area (TPSA) is 37.3 Å². The van der Waals surface area contributed by atoms with Crippen molar-refractivity contribution < 1.29 is 13.2 Å². The minimum atomic E-state index is -4.36. The number of anilines is 1. The first-order valence-corrected chi connectivity index (χ1v) is 8.61. The van der Waals surface area contributed by atoms with Crippen LogP contribution in [0.25, 0.3) is 10.6 Å². The molecule has 0 unspecified atom stereocenters. The molecule has 24 heavy (non-hydrogen) atoms. The molecule has 3 nitrogen and oxygen atoms in total. The number of nitrogens with one attached hydrogen (secondary N) is 1. The number of nitrogens with zero attached hydrogens (tertiary/aromatic N) is 2. The Morgan fingerprint density at radius 1 is 1.21 bits per heavy atom. The van der Waals surface area contributed by atoms with E-state index in [4.69, 9.17) is 0 Å². The average molecular weight is 367 g/mol. The third kappa shape index (κ3) is 3.82. The van der Waals surface area contributed by atoms with Gasteiger partial charge in [0, 0.05) is 4.88 Å². The SMILES string of the molecule is Cc1sc(N/N=C\c2cccc(C(F)(F)F)c2)nc1-c1cccs1. The molecule has 0 amide bonds. The molecular formula is C16H12F3N3S2. The zero-order chi connectivity index (χ0) is 17.2. The maximum Gasteiger partial charge on any atom is 0.416 e. The molecule has 0 aliphatic carbocycles. The second kappa shape index (κ2) is 6.74. The first-order valence-electron chi connectivity index (χ1n) is 6.91. The van der Waals surface area contributed by atoms with E-state index in [2.05, 4.69) is 15.5 Å². The number of aromatic nitrogens is 1. The van der Waals surface area contributed by atoms with Crippen molar-refractivity contribution in [1.29, 1.82) is 0 Å². The molecule has 2 aromatic heterocycles. The number of hydrogen-bond acceptors (Lipinski definition) is 5. The Labute approximate surface area is 144 Å². The number of hydrogen-bond donors (Lipinski definition) is 1. The smallest absolute Gasteiger partial charge is 0.253 e. The normalized spacial score (nSPS) is 12.0. The predicted molar refractivity (Wildman–Crippen MR) is 92.8 cm³/mol. The number of benzene rings is 1. The van der Waals surface area contributed by atoms with Crippen molar-refractivity contribution in [2.75, 3.05) is 5.43 Å². The molecule has 0 aliphatic rings. The molecule has 1 N–H and O–H groups in total. The quantitative estimate of drug-likeness (QED) is 0.478. The lowest BCUT2D eigenvalue weighted by Gasteiger charge is -2.06. The fraction of sp³-hybridized carbons (Fsp3) is 0.125. The van der Waals surface area contributed by atoms with Gasteiger partial charge in [-0.1, -0.05) is 18.2 Å². The van der Waals surface area contributed by atoms with E-state index in [-0.39, 0.29) is 0 Å². The summed E-state index contributed by atoms with van der Waals surface area (Å²) in [4.78, 5) is 6.58. The lowest BCUT2D eigenvalue weighted by Crippen LogP contribution is -2.05. The zero-order valence-corrected chi connectivity index (χ0v) is 14.1. The van der Waals surface area contributed by atoms with Crippen molar-refractivity contribution in [2.45, 2.75) is 13.1 Å². The number of halogens is 3. The number of aryl methyl sites for hydroxylation is 1. The van der Waals surface area contributed by atoms with E-state index < -0.39 is 11.7 Å². The highest BCUT2D eigenvalue weighted by molar-refractivity contribution is 7.17. The van der Waals surface area contributed by atoms with Gasteiger partial charge in [-0.25, -0.2) is 4.98 Å². The molecule has 1 aromatic carbocycles. The fourth-order valence-corrected chi connectivity index (χ4v) is 3.66. The van der Waals surface area contributed by atoms with Crippen LogP contribution in [0.3, 0.4) is 0 Å². The Morgan fingerprint density at radius 3 is 2.75 bits per heavy atom. The van der Waals surface area contributed by atoms with Crippen molar-refractivity contribution >= 4 is 34.0 Å². The number of thiazole rings is 1. The summed E-state index contributed by atoms with van der Waals surface area (Å²) in [7, 11) is 0. The summed E-state index contributed by atoms with van der Waals surface area (Å²) in [6.45, 7) is 1.97. The van der Waals surface area contributed by atoms with Crippen LogP contribution in [-0.2, 0) is 6.18 Å². The minimum absolute atomic E-state index is 0.365. The van der Waals surface area contributed by atoms with Gasteiger partial charge in [-0.2, -0.15) is 18.3 Å². The second-order valence-corrected chi connectivity index (χ2v) is 7.05. The molecule has 0 saturated heterocycles. The molecule has 0 aliphatic heterocycles. The Bertz CT molecular complexity index is 852. The van der Waals surface area contributed by atoms with E-state index in [0.717, 1.165) is 27.6 Å². The highest BCUT2D eigenvalue weighted by Gasteiger charge is 2.30. The second-order valence-electron chi connectivity index (χ2n) is 4.89. The van der Waals surface area contributed by atoms with E-state index in [0.29, 0.717) is 10.7 Å². The van der Waals surface area contributed by atoms with Gasteiger partial charge in [0.05, 0.1) is 22.3 Å². The van der Waals surface area contributed by atoms with Gasteiger partial charge in [-0.15, -0.1) is 22.7 Å². The molecule has 0 radical (unpaired) electrons. The van der Waals surface area contributed by atoms with Gasteiger partial charge in [-0.3, -0.25) is 5.43 Å². The standard InChI is InChI=1S/C16H12F3N3S2/c1-10-14(13-6-3-7-23-13)21-15(24-10)22-20-9-11-4-2-5-12(8-11)16(17,18)19/h2-9H,1H3,(H,21,22)/b20-9-. The number of alkyl halides is 3. The number of rotatable bonds is 4. The molecule has 0 fully saturated rings. The summed E-state index contributed by atoms with van der Waals surface area (Å²) in [5, 5.41) is 6.56. The van der Waals surface area contributed by atoms with Crippen LogP contribution in [-0.4, -0.2) is 11.2 Å². The summed E-state index contributed by atoms with van der Waals surface area (Å²) >= 11 is 3.05. The van der Waals surface area contributed by atoms with E-state index in [1.54, 1.807) is 17.4 Å². The highest BCUT2D eigenvalue weighted by atomic mass is 32.1. The van der Waals surface area contributed by atoms with Crippen molar-refractivity contribution in [2.24, 2.45) is 5.10 Å². The van der Waals surface area contributed by atoms with E-state index in [1.807, 2.05) is 24.4 Å². The summed E-state index contributed by atoms with van der Waals surface area (Å²) in [6.07, 6.45) is -3.02. The molecule has 2 heterocycles. The summed E-state index contributed by atoms with van der Waals surface area (Å²) < 4.78 is 38.0. The van der Waals surface area contributed by atoms with Crippen molar-refractivity contribution in [3.8, 4) is 10.6 Å². The van der Waals surface area contributed by atoms with Crippen molar-refractivity contribution in [3.63, 3.8) is 0 Å². The molecule has 3 aromatic rings. The first kappa shape index (κ1) is 16.7. The monoisotopic (exact) mass is 367 g/mol. The molecule has 0 spiro atoms. The van der Waals surface area contributed by atoms with Crippen LogP contribution >= 0.6 is 22.7 Å². The molecule has 0 saturated carbocycles. The maximum absolute atomic E-state index is 12.7. The predicted octanol–water partition coefficient (Wildman–Crippen LogP) is 5.64. The fourth-order valence-electron chi connectivity index (χ4n) is 2.04. The lowest BCUT2D eigenvalue weighted by molar-refractivity contribution is -0.137. The van der Waals surface area contributed by atoms with Crippen LogP contribution in [0.2, 0.25) is 0 Å². The van der Waals surface area contributed by atoms with Crippen LogP contribution in [0, 0.1) is 6.92 Å². The number of thiophene rings is 1. The van der Waals surface area contributed by atoms with Gasteiger partial charge in [0.25, 0.3) is 0 Å². The molecule has 0 atom stereocenters. The van der Waals surface area contributed by atoms with E-state index in [9.17, 15) is 13.2 Å². The largest absolute Gasteiger partial charge is 0.416 e. The maximum atomic E-state index is 12.7. The van der Waals surface area contributed by atoms with Gasteiger partial charge in [0.1, 0.15) is 0 Å². The molecule has 124 valence electrons. The highest BCUT2D eigenvalue weighted by Crippen LogP contribution is 2.33. The van der Waals surface area contributed by atoms with Crippen LogP contribution in [0.1, 0.15) is 16.0 Å². The van der Waals surface area contributed by atoms with Crippen LogP contribution in [0.4, 0.5) is 18.3 Å². The molecule has 3 rings (SSSR count). The minimum Gasteiger partial charge on any atom is -0.253 e. The van der Waals surface area contributed by atoms with Crippen molar-refractivity contribution in [1.82, 2.24) is 4.98 Å². The van der Waals surface area contributed by atoms with Gasteiger partial charge in [0.15, 0.2) is 0 Å². The summed E-state index contributed by atoms with van der Waals surface area (Å²) in [5.41, 5.74) is 3.34. The Balaban J connectivity index is 1.72. The van der Waals surface area contributed by atoms with Crippen molar-refractivity contribution in [3.05, 3.63) is 57.8 Å². The van der Waals surface area contributed by atoms with Gasteiger partial charge < -0.3 is 0 Å². The van der Waals surface area contributed by atoms with E-state index >= 15 is 0 Å². The molecule has 8 heteroatoms. The third-order valence-corrected chi connectivity index (χ3v) is 4.89. The average Bonchev–Trinajstić information content (AvgIpc) is 3.16. The first-order chi connectivity index (χ1) is 11.4. The van der Waals surface area contributed by atoms with Crippen LogP contribution in [0.15, 0.2) is 46.9 Å². The Hall–Kier alpha value is -2.19. The summed E-state index contributed by atoms with van der Waals surface area (Å²) in [5.74, 6) is 0. The summed E-state index contributed by atoms with van der Waals surface area (Å²) in [6, 6.07) is 8.94. The number of hydrazone groups is 1. The third-order valence-electron chi connectivity index (χ3n) is 3.14.